The number of nitrogens with zero attached hydrogens (tertiary/aromatic N) is 1. The Morgan fingerprint density at radius 1 is 0.809 bits per heavy atom. The summed E-state index contributed by atoms with van der Waals surface area (Å²) in [4.78, 5) is 1.41. The van der Waals surface area contributed by atoms with Gasteiger partial charge in [0.05, 0.1) is 18.1 Å². The molecule has 0 aromatic heterocycles. The maximum absolute atomic E-state index is 14.9. The topological polar surface area (TPSA) is 57.6 Å². The first-order valence-electron chi connectivity index (χ1n) is 15.6. The highest BCUT2D eigenvalue weighted by Gasteiger charge is 2.56. The summed E-state index contributed by atoms with van der Waals surface area (Å²) in [6.45, 7) is -0.356. The number of benzene rings is 2. The van der Waals surface area contributed by atoms with Crippen molar-refractivity contribution >= 4 is 21.0 Å². The summed E-state index contributed by atoms with van der Waals surface area (Å²) >= 11 is 0. The molecule has 2 aromatic rings. The smallest absolute Gasteiger partial charge is 0.453 e. The maximum Gasteiger partial charge on any atom is 0.453 e. The number of phenols is 1. The molecular weight excluding hydrogens is 661 g/mol. The minimum atomic E-state index is -5.76. The fraction of sp³-hybridized carbons (Fsp3) is 0.576. The Balaban J connectivity index is 1.53. The summed E-state index contributed by atoms with van der Waals surface area (Å²) < 4.78 is 142. The van der Waals surface area contributed by atoms with Crippen molar-refractivity contribution in [3.8, 4) is 5.75 Å². The Labute approximate surface area is 269 Å². The molecule has 2 aromatic carbocycles. The highest BCUT2D eigenvalue weighted by Crippen LogP contribution is 2.41. The molecule has 47 heavy (non-hydrogen) atoms. The molecule has 0 fully saturated rings. The third-order valence-corrected chi connectivity index (χ3v) is 10.1. The fourth-order valence-corrected chi connectivity index (χ4v) is 7.25. The normalized spacial score (nSPS) is 14.6. The summed E-state index contributed by atoms with van der Waals surface area (Å²) in [6, 6.07) is 9.10. The summed E-state index contributed by atoms with van der Waals surface area (Å²) in [7, 11) is -3.95. The molecule has 0 spiro atoms. The van der Waals surface area contributed by atoms with E-state index in [9.17, 15) is 53.0 Å². The van der Waals surface area contributed by atoms with Gasteiger partial charge in [-0.2, -0.15) is 22.0 Å². The molecule has 0 atom stereocenters. The molecular formula is C33H40F9NO3S. The molecule has 0 radical (unpaired) electrons. The van der Waals surface area contributed by atoms with Gasteiger partial charge in [0.1, 0.15) is 15.7 Å². The van der Waals surface area contributed by atoms with Crippen molar-refractivity contribution in [3.63, 3.8) is 0 Å². The van der Waals surface area contributed by atoms with E-state index < -0.39 is 70.8 Å². The first-order valence-corrected chi connectivity index (χ1v) is 17.5. The molecule has 0 amide bonds. The summed E-state index contributed by atoms with van der Waals surface area (Å²) in [5.74, 6) is -7.82. The van der Waals surface area contributed by atoms with Crippen molar-refractivity contribution in [2.75, 3.05) is 31.1 Å². The van der Waals surface area contributed by atoms with E-state index in [1.54, 1.807) is 18.2 Å². The average Bonchev–Trinajstić information content (AvgIpc) is 3.15. The molecule has 0 aliphatic heterocycles. The van der Waals surface area contributed by atoms with Crippen molar-refractivity contribution in [2.24, 2.45) is 0 Å². The van der Waals surface area contributed by atoms with Crippen LogP contribution in [0.3, 0.4) is 0 Å². The van der Waals surface area contributed by atoms with E-state index in [0.717, 1.165) is 16.7 Å². The number of sulfone groups is 1. The second kappa shape index (κ2) is 17.1. The van der Waals surface area contributed by atoms with E-state index in [-0.39, 0.29) is 25.3 Å². The van der Waals surface area contributed by atoms with Crippen LogP contribution in [-0.4, -0.2) is 68.1 Å². The van der Waals surface area contributed by atoms with Crippen LogP contribution in [0.2, 0.25) is 0 Å². The zero-order chi connectivity index (χ0) is 34.8. The molecule has 1 N–H and O–H groups in total. The van der Waals surface area contributed by atoms with E-state index >= 15 is 0 Å². The van der Waals surface area contributed by atoms with Crippen LogP contribution in [-0.2, 0) is 16.3 Å². The van der Waals surface area contributed by atoms with Gasteiger partial charge in [-0.1, -0.05) is 31.0 Å². The van der Waals surface area contributed by atoms with Crippen molar-refractivity contribution in [1.29, 1.82) is 0 Å². The number of hydrogen-bond acceptors (Lipinski definition) is 4. The fourth-order valence-electron chi connectivity index (χ4n) is 5.89. The van der Waals surface area contributed by atoms with Gasteiger partial charge in [-0.3, -0.25) is 4.90 Å². The SMILES string of the molecule is O=S(=O)(CCCN(CCCCCCC1=C(c2ccc(F)cc2)CCCc2c1ccc(O)c2F)CC(F)F)CCCC(F)(F)C(F)(F)F. The molecule has 14 heteroatoms. The highest BCUT2D eigenvalue weighted by atomic mass is 32.2. The van der Waals surface area contributed by atoms with E-state index in [1.807, 2.05) is 0 Å². The van der Waals surface area contributed by atoms with Gasteiger partial charge in [-0.15, -0.1) is 0 Å². The lowest BCUT2D eigenvalue weighted by atomic mass is 9.89. The number of allylic oxidation sites excluding steroid dienone is 2. The molecule has 3 rings (SSSR count). The molecule has 1 aliphatic rings. The van der Waals surface area contributed by atoms with Crippen LogP contribution in [0.1, 0.15) is 80.9 Å². The Morgan fingerprint density at radius 3 is 2.11 bits per heavy atom. The molecule has 0 saturated carbocycles. The van der Waals surface area contributed by atoms with Crippen LogP contribution < -0.4 is 0 Å². The lowest BCUT2D eigenvalue weighted by Gasteiger charge is -2.22. The van der Waals surface area contributed by atoms with Gasteiger partial charge in [-0.25, -0.2) is 26.0 Å². The summed E-state index contributed by atoms with van der Waals surface area (Å²) in [6.07, 6.45) is -6.20. The number of phenolic OH excluding ortho intramolecular Hbond substituents is 1. The van der Waals surface area contributed by atoms with Crippen LogP contribution in [0.5, 0.6) is 5.75 Å². The molecule has 0 bridgehead atoms. The molecule has 0 unspecified atom stereocenters. The van der Waals surface area contributed by atoms with Gasteiger partial charge in [0.15, 0.2) is 11.6 Å². The summed E-state index contributed by atoms with van der Waals surface area (Å²) in [5, 5.41) is 9.95. The molecule has 0 saturated heterocycles. The first kappa shape index (κ1) is 38.7. The predicted octanol–water partition coefficient (Wildman–Crippen LogP) is 9.22. The molecule has 0 heterocycles. The highest BCUT2D eigenvalue weighted by molar-refractivity contribution is 7.91. The van der Waals surface area contributed by atoms with Crippen LogP contribution in [0.25, 0.3) is 11.1 Å². The number of alkyl halides is 7. The minimum Gasteiger partial charge on any atom is -0.505 e. The van der Waals surface area contributed by atoms with E-state index in [0.29, 0.717) is 62.5 Å². The molecule has 1 aliphatic carbocycles. The standard InChI is InChI=1S/C33H40F9NO3S/c34-24-13-11-23(12-14-24)25-9-5-10-28-27(15-16-29(44)31(28)37)26(25)8-3-1-2-4-18-43(22-30(35)36)19-7-21-47(45,46)20-6-17-32(38,39)33(40,41)42/h11-16,30,44H,1-10,17-22H2. The Kier molecular flexibility index (Phi) is 14.1. The van der Waals surface area contributed by atoms with Gasteiger partial charge >= 0.3 is 12.1 Å². The number of rotatable bonds is 18. The van der Waals surface area contributed by atoms with Gasteiger partial charge in [0.2, 0.25) is 0 Å². The second-order valence-electron chi connectivity index (χ2n) is 11.9. The van der Waals surface area contributed by atoms with Gasteiger partial charge < -0.3 is 5.11 Å². The van der Waals surface area contributed by atoms with Crippen molar-refractivity contribution in [2.45, 2.75) is 89.2 Å². The third-order valence-electron chi connectivity index (χ3n) is 8.30. The zero-order valence-corrected chi connectivity index (χ0v) is 26.7. The quantitative estimate of drug-likeness (QED) is 0.124. The van der Waals surface area contributed by atoms with Gasteiger partial charge in [-0.05, 0) is 110 Å². The monoisotopic (exact) mass is 701 g/mol. The largest absolute Gasteiger partial charge is 0.505 e. The average molecular weight is 702 g/mol. The Hall–Kier alpha value is -2.74. The van der Waals surface area contributed by atoms with E-state index in [1.165, 1.54) is 23.1 Å². The Bertz CT molecular complexity index is 1440. The van der Waals surface area contributed by atoms with Crippen LogP contribution >= 0.6 is 0 Å². The third kappa shape index (κ3) is 11.7. The number of hydrogen-bond donors (Lipinski definition) is 1. The number of unbranched alkanes of at least 4 members (excludes halogenated alkanes) is 3. The van der Waals surface area contributed by atoms with Gasteiger partial charge in [0.25, 0.3) is 6.43 Å². The lowest BCUT2D eigenvalue weighted by molar-refractivity contribution is -0.284. The van der Waals surface area contributed by atoms with Gasteiger partial charge in [0, 0.05) is 6.42 Å². The van der Waals surface area contributed by atoms with Crippen molar-refractivity contribution < 1.29 is 53.0 Å². The minimum absolute atomic E-state index is 0.00854. The number of halogens is 9. The molecule has 264 valence electrons. The number of fused-ring (bicyclic) bond motifs is 1. The van der Waals surface area contributed by atoms with Crippen molar-refractivity contribution in [1.82, 2.24) is 4.90 Å². The van der Waals surface area contributed by atoms with Crippen LogP contribution in [0.4, 0.5) is 39.5 Å². The second-order valence-corrected chi connectivity index (χ2v) is 14.2. The zero-order valence-electron chi connectivity index (χ0n) is 25.9. The van der Waals surface area contributed by atoms with Crippen LogP contribution in [0.15, 0.2) is 36.4 Å². The van der Waals surface area contributed by atoms with Crippen LogP contribution in [0, 0.1) is 11.6 Å². The molecule has 4 nitrogen and oxygen atoms in total. The summed E-state index contributed by atoms with van der Waals surface area (Å²) in [5.41, 5.74) is 3.84. The first-order chi connectivity index (χ1) is 22.0. The predicted molar refractivity (Wildman–Crippen MR) is 163 cm³/mol. The van der Waals surface area contributed by atoms with E-state index in [4.69, 9.17) is 0 Å². The van der Waals surface area contributed by atoms with E-state index in [2.05, 4.69) is 0 Å². The maximum atomic E-state index is 14.9. The number of aromatic hydroxyl groups is 1. The lowest BCUT2D eigenvalue weighted by Crippen LogP contribution is -2.36. The Morgan fingerprint density at radius 2 is 1.45 bits per heavy atom. The van der Waals surface area contributed by atoms with Crippen molar-refractivity contribution in [3.05, 3.63) is 64.7 Å².